The summed E-state index contributed by atoms with van der Waals surface area (Å²) in [7, 11) is -3.11. The summed E-state index contributed by atoms with van der Waals surface area (Å²) in [5, 5.41) is 9.30. The Morgan fingerprint density at radius 1 is 1.25 bits per heavy atom. The number of hydrogen-bond donors (Lipinski definition) is 2. The molecule has 0 saturated carbocycles. The van der Waals surface area contributed by atoms with Gasteiger partial charge in [-0.2, -0.15) is 4.21 Å². The second kappa shape index (κ2) is 3.04. The van der Waals surface area contributed by atoms with Gasteiger partial charge in [0.2, 0.25) is 0 Å². The van der Waals surface area contributed by atoms with Crippen LogP contribution in [0.2, 0.25) is 0 Å². The molecule has 12 heavy (non-hydrogen) atoms. The van der Waals surface area contributed by atoms with Crippen molar-refractivity contribution in [3.05, 3.63) is 0 Å². The predicted molar refractivity (Wildman–Crippen MR) is 41.2 cm³/mol. The maximum absolute atomic E-state index is 10.9. The standard InChI is InChI=1S/C4H9NO5S2/c6-5(11(7)8)1-3-12(9,10)4-2-5/h6H,1-4H2/p+1. The molecule has 0 aromatic carbocycles. The highest BCUT2D eigenvalue weighted by atomic mass is 32.2. The topological polar surface area (TPSA) is 91.7 Å². The summed E-state index contributed by atoms with van der Waals surface area (Å²) in [6, 6.07) is 0. The van der Waals surface area contributed by atoms with E-state index in [1.807, 2.05) is 0 Å². The van der Waals surface area contributed by atoms with Gasteiger partial charge < -0.3 is 0 Å². The Morgan fingerprint density at radius 3 is 2.00 bits per heavy atom. The fraction of sp³-hybridized carbons (Fsp3) is 1.00. The van der Waals surface area contributed by atoms with Crippen LogP contribution in [0.5, 0.6) is 0 Å². The van der Waals surface area contributed by atoms with Crippen molar-refractivity contribution in [1.29, 1.82) is 0 Å². The van der Waals surface area contributed by atoms with E-state index in [0.717, 1.165) is 0 Å². The van der Waals surface area contributed by atoms with E-state index in [1.54, 1.807) is 0 Å². The van der Waals surface area contributed by atoms with Crippen molar-refractivity contribution < 1.29 is 26.4 Å². The molecule has 0 bridgehead atoms. The number of quaternary nitrogens is 1. The molecule has 1 unspecified atom stereocenters. The summed E-state index contributed by atoms with van der Waals surface area (Å²) < 4.78 is 39.8. The lowest BCUT2D eigenvalue weighted by atomic mass is 10.6. The number of hydroxylamine groups is 2. The highest BCUT2D eigenvalue weighted by molar-refractivity contribution is 7.91. The Morgan fingerprint density at radius 2 is 1.67 bits per heavy atom. The van der Waals surface area contributed by atoms with Crippen molar-refractivity contribution in [1.82, 2.24) is 0 Å². The second-order valence-electron chi connectivity index (χ2n) is 2.68. The van der Waals surface area contributed by atoms with E-state index in [9.17, 15) is 17.8 Å². The van der Waals surface area contributed by atoms with Crippen LogP contribution in [-0.2, 0) is 21.1 Å². The first-order valence-electron chi connectivity index (χ1n) is 3.27. The molecule has 0 radical (unpaired) electrons. The smallest absolute Gasteiger partial charge is 0.258 e. The van der Waals surface area contributed by atoms with E-state index in [2.05, 4.69) is 0 Å². The quantitative estimate of drug-likeness (QED) is 0.422. The third kappa shape index (κ3) is 2.02. The summed E-state index contributed by atoms with van der Waals surface area (Å²) in [5.41, 5.74) is 0. The maximum Gasteiger partial charge on any atom is 0.392 e. The van der Waals surface area contributed by atoms with E-state index in [1.165, 1.54) is 0 Å². The van der Waals surface area contributed by atoms with Crippen LogP contribution in [0.15, 0.2) is 0 Å². The average molecular weight is 216 g/mol. The van der Waals surface area contributed by atoms with Crippen LogP contribution >= 0.6 is 0 Å². The first-order valence-corrected chi connectivity index (χ1v) is 6.16. The first-order chi connectivity index (χ1) is 5.36. The van der Waals surface area contributed by atoms with Crippen molar-refractivity contribution in [2.24, 2.45) is 0 Å². The molecule has 0 aromatic heterocycles. The Hall–Kier alpha value is -0.0200. The highest BCUT2D eigenvalue weighted by Gasteiger charge is 2.40. The van der Waals surface area contributed by atoms with E-state index in [0.29, 0.717) is 0 Å². The summed E-state index contributed by atoms with van der Waals surface area (Å²) >= 11 is -2.42. The molecule has 0 aromatic rings. The van der Waals surface area contributed by atoms with Crippen LogP contribution in [0, 0.1) is 0 Å². The lowest BCUT2D eigenvalue weighted by Gasteiger charge is -2.27. The van der Waals surface area contributed by atoms with Gasteiger partial charge >= 0.3 is 11.3 Å². The lowest BCUT2D eigenvalue weighted by Crippen LogP contribution is -2.55. The van der Waals surface area contributed by atoms with Crippen LogP contribution in [0.3, 0.4) is 0 Å². The molecular formula is C4H10NO5S2+. The fourth-order valence-electron chi connectivity index (χ4n) is 0.934. The van der Waals surface area contributed by atoms with Crippen molar-refractivity contribution in [2.45, 2.75) is 0 Å². The van der Waals surface area contributed by atoms with Crippen LogP contribution in [-0.4, -0.2) is 51.0 Å². The van der Waals surface area contributed by atoms with Gasteiger partial charge in [0.1, 0.15) is 24.6 Å². The summed E-state index contributed by atoms with van der Waals surface area (Å²) in [6.45, 7) is -0.434. The molecule has 0 spiro atoms. The zero-order chi connectivity index (χ0) is 9.41. The average Bonchev–Trinajstić information content (AvgIpc) is 1.96. The van der Waals surface area contributed by atoms with Crippen molar-refractivity contribution in [2.75, 3.05) is 24.6 Å². The SMILES string of the molecule is O=S(O)[N+]1(O)CCS(=O)(=O)CC1. The molecule has 72 valence electrons. The molecule has 1 rings (SSSR count). The largest absolute Gasteiger partial charge is 0.392 e. The summed E-state index contributed by atoms with van der Waals surface area (Å²) in [5.74, 6) is -0.481. The molecule has 1 aliphatic rings. The predicted octanol–water partition coefficient (Wildman–Crippen LogP) is -1.24. The van der Waals surface area contributed by atoms with Crippen LogP contribution in [0.4, 0.5) is 0 Å². The third-order valence-corrected chi connectivity index (χ3v) is 4.35. The van der Waals surface area contributed by atoms with Crippen molar-refractivity contribution in [3.63, 3.8) is 0 Å². The zero-order valence-electron chi connectivity index (χ0n) is 6.21. The van der Waals surface area contributed by atoms with Gasteiger partial charge in [-0.25, -0.2) is 13.6 Å². The number of hydrogen-bond acceptors (Lipinski definition) is 4. The Labute approximate surface area is 72.7 Å². The highest BCUT2D eigenvalue weighted by Crippen LogP contribution is 2.12. The van der Waals surface area contributed by atoms with Gasteiger partial charge in [0.05, 0.1) is 0 Å². The van der Waals surface area contributed by atoms with E-state index < -0.39 is 25.2 Å². The lowest BCUT2D eigenvalue weighted by molar-refractivity contribution is -0.998. The molecule has 1 atom stereocenters. The zero-order valence-corrected chi connectivity index (χ0v) is 7.84. The van der Waals surface area contributed by atoms with Gasteiger partial charge in [0, 0.05) is 0 Å². The molecule has 1 saturated heterocycles. The third-order valence-electron chi connectivity index (χ3n) is 1.79. The van der Waals surface area contributed by atoms with Crippen molar-refractivity contribution >= 4 is 21.1 Å². The van der Waals surface area contributed by atoms with Gasteiger partial charge in [0.15, 0.2) is 9.84 Å². The van der Waals surface area contributed by atoms with Gasteiger partial charge in [-0.05, 0) is 0 Å². The van der Waals surface area contributed by atoms with Crippen molar-refractivity contribution in [3.8, 4) is 0 Å². The van der Waals surface area contributed by atoms with Gasteiger partial charge in [-0.15, -0.1) is 0 Å². The number of sulfone groups is 1. The summed E-state index contributed by atoms with van der Waals surface area (Å²) in [6.07, 6.45) is 0. The minimum Gasteiger partial charge on any atom is -0.258 e. The van der Waals surface area contributed by atoms with Gasteiger partial charge in [-0.3, -0.25) is 4.55 Å². The fourth-order valence-corrected chi connectivity index (χ4v) is 3.02. The van der Waals surface area contributed by atoms with Gasteiger partial charge in [0.25, 0.3) is 0 Å². The molecule has 6 nitrogen and oxygen atoms in total. The molecule has 1 heterocycles. The van der Waals surface area contributed by atoms with Gasteiger partial charge in [-0.1, -0.05) is 4.05 Å². The molecule has 1 fully saturated rings. The molecule has 0 amide bonds. The molecule has 2 N–H and O–H groups in total. The summed E-state index contributed by atoms with van der Waals surface area (Å²) in [4.78, 5) is 0. The Balaban J connectivity index is 2.74. The maximum atomic E-state index is 10.9. The number of nitrogens with zero attached hydrogens (tertiary/aromatic N) is 1. The minimum absolute atomic E-state index is 0.217. The Kier molecular flexibility index (Phi) is 2.55. The van der Waals surface area contributed by atoms with Crippen LogP contribution in [0.25, 0.3) is 0 Å². The molecule has 1 aliphatic heterocycles. The normalized spacial score (nSPS) is 29.5. The molecule has 0 aliphatic carbocycles. The Bertz CT molecular complexity index is 283. The van der Waals surface area contributed by atoms with E-state index >= 15 is 0 Å². The molecule has 8 heteroatoms. The minimum atomic E-state index is -3.11. The number of rotatable bonds is 1. The van der Waals surface area contributed by atoms with E-state index in [-0.39, 0.29) is 24.6 Å². The van der Waals surface area contributed by atoms with Crippen LogP contribution in [0.1, 0.15) is 0 Å². The van der Waals surface area contributed by atoms with E-state index in [4.69, 9.17) is 4.55 Å². The molecular weight excluding hydrogens is 206 g/mol. The van der Waals surface area contributed by atoms with Crippen LogP contribution < -0.4 is 0 Å². The first kappa shape index (κ1) is 10.1. The second-order valence-corrected chi connectivity index (χ2v) is 6.12. The monoisotopic (exact) mass is 216 g/mol.